The quantitative estimate of drug-likeness (QED) is 0.594. The molecule has 2 N–H and O–H groups in total. The third-order valence-corrected chi connectivity index (χ3v) is 4.93. The Labute approximate surface area is 183 Å². The Morgan fingerprint density at radius 1 is 1.06 bits per heavy atom. The highest BCUT2D eigenvalue weighted by atomic mass is 19.4. The number of aryl methyl sites for hydroxylation is 1. The summed E-state index contributed by atoms with van der Waals surface area (Å²) in [6, 6.07) is 12.0. The number of nitrogens with one attached hydrogen (secondary N) is 2. The van der Waals surface area contributed by atoms with Gasteiger partial charge in [0.25, 0.3) is 0 Å². The topological polar surface area (TPSA) is 76.0 Å². The van der Waals surface area contributed by atoms with Crippen LogP contribution in [0.1, 0.15) is 35.0 Å². The Bertz CT molecular complexity index is 1150. The lowest BCUT2D eigenvalue weighted by molar-refractivity contribution is -0.137. The molecular weight excluding hydrogens is 421 g/mol. The third-order valence-electron chi connectivity index (χ3n) is 4.93. The molecule has 0 spiro atoms. The number of amides is 2. The van der Waals surface area contributed by atoms with Crippen LogP contribution in [0.3, 0.4) is 0 Å². The zero-order valence-corrected chi connectivity index (χ0v) is 17.9. The van der Waals surface area contributed by atoms with Crippen molar-refractivity contribution in [3.05, 3.63) is 76.6 Å². The predicted octanol–water partition coefficient (Wildman–Crippen LogP) is 4.33. The van der Waals surface area contributed by atoms with E-state index < -0.39 is 11.7 Å². The van der Waals surface area contributed by atoms with E-state index in [-0.39, 0.29) is 30.5 Å². The average molecular weight is 444 g/mol. The zero-order chi connectivity index (χ0) is 23.5. The first-order chi connectivity index (χ1) is 15.0. The van der Waals surface area contributed by atoms with Crippen LogP contribution in [0, 0.1) is 13.8 Å². The van der Waals surface area contributed by atoms with Gasteiger partial charge in [0.05, 0.1) is 23.4 Å². The smallest absolute Gasteiger partial charge is 0.352 e. The molecule has 168 valence electrons. The first-order valence-corrected chi connectivity index (χ1v) is 9.90. The molecule has 0 radical (unpaired) electrons. The second kappa shape index (κ2) is 9.25. The summed E-state index contributed by atoms with van der Waals surface area (Å²) in [6.45, 7) is 5.13. The predicted molar refractivity (Wildman–Crippen MR) is 114 cm³/mol. The van der Waals surface area contributed by atoms with Gasteiger partial charge in [-0.15, -0.1) is 0 Å². The van der Waals surface area contributed by atoms with Gasteiger partial charge in [0.1, 0.15) is 0 Å². The molecule has 3 rings (SSSR count). The molecule has 9 heteroatoms. The van der Waals surface area contributed by atoms with E-state index in [9.17, 15) is 22.8 Å². The van der Waals surface area contributed by atoms with Gasteiger partial charge in [-0.05, 0) is 49.7 Å². The lowest BCUT2D eigenvalue weighted by atomic mass is 10.1. The maximum absolute atomic E-state index is 13.0. The first kappa shape index (κ1) is 23.1. The van der Waals surface area contributed by atoms with Crippen LogP contribution in [0.15, 0.2) is 48.5 Å². The second-order valence-electron chi connectivity index (χ2n) is 7.44. The van der Waals surface area contributed by atoms with Gasteiger partial charge in [-0.2, -0.15) is 18.3 Å². The molecule has 0 aliphatic rings. The summed E-state index contributed by atoms with van der Waals surface area (Å²) in [6.07, 6.45) is -4.41. The van der Waals surface area contributed by atoms with Gasteiger partial charge >= 0.3 is 6.18 Å². The van der Waals surface area contributed by atoms with Crippen LogP contribution in [-0.2, 0) is 28.7 Å². The molecule has 0 aliphatic heterocycles. The minimum absolute atomic E-state index is 0.0437. The highest BCUT2D eigenvalue weighted by molar-refractivity contribution is 5.88. The normalized spacial score (nSPS) is 11.3. The molecule has 0 aliphatic carbocycles. The lowest BCUT2D eigenvalue weighted by Gasteiger charge is -2.10. The number of hydrogen-bond donors (Lipinski definition) is 2. The molecule has 3 aromatic rings. The summed E-state index contributed by atoms with van der Waals surface area (Å²) < 4.78 is 40.6. The van der Waals surface area contributed by atoms with Gasteiger partial charge in [-0.25, -0.2) is 4.68 Å². The minimum atomic E-state index is -4.45. The summed E-state index contributed by atoms with van der Waals surface area (Å²) in [4.78, 5) is 23.7. The molecular formula is C23H23F3N4O2. The number of carbonyl (C=O) groups excluding carboxylic acids is 2. The maximum atomic E-state index is 13.0. The van der Waals surface area contributed by atoms with Gasteiger partial charge in [0.15, 0.2) is 0 Å². The van der Waals surface area contributed by atoms with E-state index in [4.69, 9.17) is 0 Å². The minimum Gasteiger partial charge on any atom is -0.352 e. The van der Waals surface area contributed by atoms with Crippen LogP contribution >= 0.6 is 0 Å². The molecule has 32 heavy (non-hydrogen) atoms. The molecule has 0 bridgehead atoms. The Hall–Kier alpha value is -3.62. The molecule has 0 atom stereocenters. The van der Waals surface area contributed by atoms with Crippen LogP contribution in [0.4, 0.5) is 18.9 Å². The van der Waals surface area contributed by atoms with Crippen molar-refractivity contribution in [2.24, 2.45) is 0 Å². The van der Waals surface area contributed by atoms with Crippen LogP contribution in [0.2, 0.25) is 0 Å². The number of halogens is 3. The fourth-order valence-electron chi connectivity index (χ4n) is 3.38. The standard InChI is InChI=1S/C23H23F3N4O2/c1-14-21(12-22(32)27-13-17-6-4-8-19(10-17)28-16(3)31)15(2)30(29-14)20-9-5-7-18(11-20)23(24,25)26/h4-11H,12-13H2,1-3H3,(H,27,32)(H,28,31). The summed E-state index contributed by atoms with van der Waals surface area (Å²) in [7, 11) is 0. The van der Waals surface area contributed by atoms with Crippen molar-refractivity contribution in [3.63, 3.8) is 0 Å². The van der Waals surface area contributed by atoms with E-state index in [2.05, 4.69) is 15.7 Å². The highest BCUT2D eigenvalue weighted by Crippen LogP contribution is 2.31. The van der Waals surface area contributed by atoms with Crippen molar-refractivity contribution >= 4 is 17.5 Å². The molecule has 0 saturated heterocycles. The number of aromatic nitrogens is 2. The average Bonchev–Trinajstić information content (AvgIpc) is 3.00. The zero-order valence-electron chi connectivity index (χ0n) is 17.9. The fraction of sp³-hybridized carbons (Fsp3) is 0.261. The van der Waals surface area contributed by atoms with Crippen molar-refractivity contribution in [2.45, 2.75) is 39.9 Å². The number of nitrogens with zero attached hydrogens (tertiary/aromatic N) is 2. The van der Waals surface area contributed by atoms with Gasteiger partial charge in [-0.1, -0.05) is 18.2 Å². The number of hydrogen-bond acceptors (Lipinski definition) is 3. The molecule has 2 amide bonds. The van der Waals surface area contributed by atoms with Crippen LogP contribution < -0.4 is 10.6 Å². The van der Waals surface area contributed by atoms with E-state index >= 15 is 0 Å². The van der Waals surface area contributed by atoms with Crippen molar-refractivity contribution in [2.75, 3.05) is 5.32 Å². The largest absolute Gasteiger partial charge is 0.416 e. The number of alkyl halides is 3. The number of carbonyl (C=O) groups is 2. The van der Waals surface area contributed by atoms with E-state index in [1.165, 1.54) is 17.7 Å². The monoisotopic (exact) mass is 444 g/mol. The summed E-state index contributed by atoms with van der Waals surface area (Å²) in [5, 5.41) is 9.85. The summed E-state index contributed by atoms with van der Waals surface area (Å²) in [5.74, 6) is -0.431. The van der Waals surface area contributed by atoms with E-state index in [1.807, 2.05) is 6.07 Å². The highest BCUT2D eigenvalue weighted by Gasteiger charge is 2.30. The number of benzene rings is 2. The maximum Gasteiger partial charge on any atom is 0.416 e. The Morgan fingerprint density at radius 3 is 2.47 bits per heavy atom. The van der Waals surface area contributed by atoms with Crippen LogP contribution in [0.25, 0.3) is 5.69 Å². The molecule has 2 aromatic carbocycles. The molecule has 1 aromatic heterocycles. The van der Waals surface area contributed by atoms with Crippen molar-refractivity contribution in [3.8, 4) is 5.69 Å². The van der Waals surface area contributed by atoms with Gasteiger partial charge in [0.2, 0.25) is 11.8 Å². The number of anilines is 1. The Balaban J connectivity index is 1.72. The van der Waals surface area contributed by atoms with Gasteiger partial charge in [0, 0.05) is 30.4 Å². The third kappa shape index (κ3) is 5.54. The SMILES string of the molecule is CC(=O)Nc1cccc(CNC(=O)Cc2c(C)nn(-c3cccc(C(F)(F)F)c3)c2C)c1. The summed E-state index contributed by atoms with van der Waals surface area (Å²) in [5.41, 5.74) is 2.81. The Kier molecular flexibility index (Phi) is 6.67. The van der Waals surface area contributed by atoms with E-state index in [0.717, 1.165) is 17.7 Å². The molecule has 1 heterocycles. The second-order valence-corrected chi connectivity index (χ2v) is 7.44. The number of rotatable bonds is 6. The fourth-order valence-corrected chi connectivity index (χ4v) is 3.38. The molecule has 0 saturated carbocycles. The molecule has 0 fully saturated rings. The van der Waals surface area contributed by atoms with Gasteiger partial charge in [-0.3, -0.25) is 9.59 Å². The Morgan fingerprint density at radius 2 is 1.78 bits per heavy atom. The van der Waals surface area contributed by atoms with E-state index in [1.54, 1.807) is 38.1 Å². The summed E-state index contributed by atoms with van der Waals surface area (Å²) >= 11 is 0. The lowest BCUT2D eigenvalue weighted by Crippen LogP contribution is -2.25. The van der Waals surface area contributed by atoms with Crippen LogP contribution in [-0.4, -0.2) is 21.6 Å². The van der Waals surface area contributed by atoms with Crippen molar-refractivity contribution in [1.82, 2.24) is 15.1 Å². The molecule has 6 nitrogen and oxygen atoms in total. The van der Waals surface area contributed by atoms with Crippen LogP contribution in [0.5, 0.6) is 0 Å². The van der Waals surface area contributed by atoms with Crippen molar-refractivity contribution < 1.29 is 22.8 Å². The van der Waals surface area contributed by atoms with Crippen molar-refractivity contribution in [1.29, 1.82) is 0 Å². The molecule has 0 unspecified atom stereocenters. The van der Waals surface area contributed by atoms with E-state index in [0.29, 0.717) is 22.6 Å². The first-order valence-electron chi connectivity index (χ1n) is 9.90. The van der Waals surface area contributed by atoms with Gasteiger partial charge < -0.3 is 10.6 Å².